The predicted octanol–water partition coefficient (Wildman–Crippen LogP) is 2.23. The van der Waals surface area contributed by atoms with Crippen LogP contribution >= 0.6 is 0 Å². The predicted molar refractivity (Wildman–Crippen MR) is 82.5 cm³/mol. The number of carbonyl (C=O) groups excluding carboxylic acids is 1. The maximum Gasteiger partial charge on any atom is 0.416 e. The smallest absolute Gasteiger partial charge is 0.392 e. The van der Waals surface area contributed by atoms with E-state index in [1.807, 2.05) is 0 Å². The van der Waals surface area contributed by atoms with Crippen molar-refractivity contribution in [2.75, 3.05) is 32.7 Å². The zero-order valence-electron chi connectivity index (χ0n) is 13.3. The summed E-state index contributed by atoms with van der Waals surface area (Å²) in [5, 5.41) is 9.97. The number of alkyl halides is 3. The second-order valence-electron chi connectivity index (χ2n) is 6.58. The Kier molecular flexibility index (Phi) is 4.83. The van der Waals surface area contributed by atoms with E-state index in [-0.39, 0.29) is 17.6 Å². The van der Waals surface area contributed by atoms with Gasteiger partial charge in [-0.05, 0) is 37.0 Å². The number of hydrogen-bond donors (Lipinski definition) is 1. The lowest BCUT2D eigenvalue weighted by Crippen LogP contribution is -2.50. The Bertz CT molecular complexity index is 594. The van der Waals surface area contributed by atoms with E-state index in [0.717, 1.165) is 25.0 Å². The molecule has 2 fully saturated rings. The molecule has 24 heavy (non-hydrogen) atoms. The van der Waals surface area contributed by atoms with E-state index in [9.17, 15) is 23.1 Å². The van der Waals surface area contributed by atoms with E-state index in [2.05, 4.69) is 4.90 Å². The van der Waals surface area contributed by atoms with Crippen LogP contribution in [0, 0.1) is 5.92 Å². The van der Waals surface area contributed by atoms with Crippen molar-refractivity contribution in [1.82, 2.24) is 9.80 Å². The summed E-state index contributed by atoms with van der Waals surface area (Å²) in [5.74, 6) is 0.0401. The summed E-state index contributed by atoms with van der Waals surface area (Å²) in [6.07, 6.45) is -2.60. The lowest BCUT2D eigenvalue weighted by atomic mass is 10.1. The Morgan fingerprint density at radius 3 is 2.46 bits per heavy atom. The first-order chi connectivity index (χ1) is 11.3. The van der Waals surface area contributed by atoms with Gasteiger partial charge in [-0.15, -0.1) is 0 Å². The van der Waals surface area contributed by atoms with Crippen molar-refractivity contribution in [3.05, 3.63) is 35.4 Å². The Hall–Kier alpha value is -1.60. The Balaban J connectivity index is 1.57. The number of nitrogens with zero attached hydrogens (tertiary/aromatic N) is 2. The number of rotatable bonds is 4. The third-order valence-electron chi connectivity index (χ3n) is 4.71. The maximum absolute atomic E-state index is 12.8. The number of carbonyl (C=O) groups is 1. The fourth-order valence-corrected chi connectivity index (χ4v) is 3.04. The molecule has 1 unspecified atom stereocenters. The first-order valence-electron chi connectivity index (χ1n) is 8.21. The van der Waals surface area contributed by atoms with Gasteiger partial charge in [0.15, 0.2) is 0 Å². The summed E-state index contributed by atoms with van der Waals surface area (Å²) in [6.45, 7) is 2.80. The summed E-state index contributed by atoms with van der Waals surface area (Å²) < 4.78 is 38.3. The van der Waals surface area contributed by atoms with Crippen LogP contribution in [0.3, 0.4) is 0 Å². The third-order valence-corrected chi connectivity index (χ3v) is 4.71. The number of hydrogen-bond acceptors (Lipinski definition) is 3. The Morgan fingerprint density at radius 2 is 1.88 bits per heavy atom. The number of piperazine rings is 1. The van der Waals surface area contributed by atoms with Gasteiger partial charge in [-0.1, -0.05) is 6.07 Å². The average Bonchev–Trinajstić information content (AvgIpc) is 3.39. The average molecular weight is 342 g/mol. The number of halogens is 3. The van der Waals surface area contributed by atoms with Gasteiger partial charge < -0.3 is 10.0 Å². The number of aliphatic hydroxyl groups excluding tert-OH is 1. The summed E-state index contributed by atoms with van der Waals surface area (Å²) >= 11 is 0. The molecule has 0 radical (unpaired) electrons. The fourth-order valence-electron chi connectivity index (χ4n) is 3.04. The highest BCUT2D eigenvalue weighted by atomic mass is 19.4. The van der Waals surface area contributed by atoms with Gasteiger partial charge in [0.25, 0.3) is 5.91 Å². The van der Waals surface area contributed by atoms with Gasteiger partial charge in [0.05, 0.1) is 11.7 Å². The summed E-state index contributed by atoms with van der Waals surface area (Å²) in [7, 11) is 0. The summed E-state index contributed by atoms with van der Waals surface area (Å²) in [6, 6.07) is 4.55. The van der Waals surface area contributed by atoms with E-state index < -0.39 is 11.7 Å². The zero-order chi connectivity index (χ0) is 17.3. The Labute approximate surface area is 138 Å². The van der Waals surface area contributed by atoms with Crippen LogP contribution in [-0.4, -0.2) is 59.6 Å². The molecular weight excluding hydrogens is 321 g/mol. The van der Waals surface area contributed by atoms with Crippen molar-refractivity contribution in [3.8, 4) is 0 Å². The van der Waals surface area contributed by atoms with Crippen LogP contribution in [0.15, 0.2) is 24.3 Å². The van der Waals surface area contributed by atoms with Crippen molar-refractivity contribution in [1.29, 1.82) is 0 Å². The molecule has 132 valence electrons. The number of amides is 1. The molecule has 7 heteroatoms. The summed E-state index contributed by atoms with van der Waals surface area (Å²) in [4.78, 5) is 16.1. The molecule has 1 aliphatic heterocycles. The minimum Gasteiger partial charge on any atom is -0.392 e. The minimum absolute atomic E-state index is 0.0660. The van der Waals surface area contributed by atoms with Gasteiger partial charge in [-0.3, -0.25) is 9.69 Å². The highest BCUT2D eigenvalue weighted by Crippen LogP contribution is 2.33. The monoisotopic (exact) mass is 342 g/mol. The molecule has 0 spiro atoms. The number of aliphatic hydroxyl groups is 1. The topological polar surface area (TPSA) is 43.8 Å². The van der Waals surface area contributed by atoms with E-state index in [0.29, 0.717) is 38.6 Å². The van der Waals surface area contributed by atoms with Crippen LogP contribution in [0.25, 0.3) is 0 Å². The molecule has 2 aliphatic rings. The largest absolute Gasteiger partial charge is 0.416 e. The zero-order valence-corrected chi connectivity index (χ0v) is 13.3. The minimum atomic E-state index is -4.45. The first kappa shape index (κ1) is 17.2. The van der Waals surface area contributed by atoms with E-state index in [4.69, 9.17) is 0 Å². The lowest BCUT2D eigenvalue weighted by Gasteiger charge is -2.35. The van der Waals surface area contributed by atoms with Gasteiger partial charge in [0.2, 0.25) is 0 Å². The van der Waals surface area contributed by atoms with Crippen LogP contribution in [0.4, 0.5) is 13.2 Å². The van der Waals surface area contributed by atoms with Crippen molar-refractivity contribution in [3.63, 3.8) is 0 Å². The van der Waals surface area contributed by atoms with Gasteiger partial charge >= 0.3 is 6.18 Å². The molecule has 3 rings (SSSR count). The normalized spacial score (nSPS) is 20.9. The first-order valence-corrected chi connectivity index (χ1v) is 8.21. The summed E-state index contributed by atoms with van der Waals surface area (Å²) in [5.41, 5.74) is -0.740. The Morgan fingerprint density at radius 1 is 1.21 bits per heavy atom. The highest BCUT2D eigenvalue weighted by molar-refractivity contribution is 5.94. The standard InChI is InChI=1S/C17H21F3N2O2/c18-17(19,20)14-3-1-2-13(10-14)16(24)22-8-6-21(7-9-22)11-15(23)12-4-5-12/h1-3,10,12,15,23H,4-9,11H2. The van der Waals surface area contributed by atoms with Crippen molar-refractivity contribution >= 4 is 5.91 Å². The fraction of sp³-hybridized carbons (Fsp3) is 0.588. The number of β-amino-alcohol motifs (C(OH)–C–C–N with tert-alkyl or cyclic N) is 1. The molecule has 1 amide bonds. The second kappa shape index (κ2) is 6.72. The molecule has 4 nitrogen and oxygen atoms in total. The molecule has 1 saturated heterocycles. The molecule has 1 aromatic rings. The SMILES string of the molecule is O=C(c1cccc(C(F)(F)F)c1)N1CCN(CC(O)C2CC2)CC1. The molecule has 0 aromatic heterocycles. The maximum atomic E-state index is 12.8. The number of benzene rings is 1. The van der Waals surface area contributed by atoms with Crippen molar-refractivity contribution in [2.45, 2.75) is 25.1 Å². The highest BCUT2D eigenvalue weighted by Gasteiger charge is 2.33. The van der Waals surface area contributed by atoms with Crippen LogP contribution in [0.1, 0.15) is 28.8 Å². The van der Waals surface area contributed by atoms with Crippen LogP contribution in [-0.2, 0) is 6.18 Å². The molecule has 1 atom stereocenters. The van der Waals surface area contributed by atoms with Crippen molar-refractivity contribution < 1.29 is 23.1 Å². The van der Waals surface area contributed by atoms with E-state index in [1.54, 1.807) is 4.90 Å². The molecule has 1 heterocycles. The quantitative estimate of drug-likeness (QED) is 0.913. The third kappa shape index (κ3) is 4.08. The van der Waals surface area contributed by atoms with Crippen LogP contribution in [0.2, 0.25) is 0 Å². The molecule has 1 saturated carbocycles. The van der Waals surface area contributed by atoms with Crippen molar-refractivity contribution in [2.24, 2.45) is 5.92 Å². The molecule has 1 aliphatic carbocycles. The second-order valence-corrected chi connectivity index (χ2v) is 6.58. The van der Waals surface area contributed by atoms with Gasteiger partial charge in [-0.25, -0.2) is 0 Å². The van der Waals surface area contributed by atoms with Gasteiger partial charge in [-0.2, -0.15) is 13.2 Å². The lowest BCUT2D eigenvalue weighted by molar-refractivity contribution is -0.137. The van der Waals surface area contributed by atoms with Gasteiger partial charge in [0, 0.05) is 38.3 Å². The van der Waals surface area contributed by atoms with E-state index in [1.165, 1.54) is 12.1 Å². The van der Waals surface area contributed by atoms with Crippen LogP contribution < -0.4 is 0 Å². The molecule has 1 N–H and O–H groups in total. The van der Waals surface area contributed by atoms with Crippen LogP contribution in [0.5, 0.6) is 0 Å². The molecule has 0 bridgehead atoms. The molecule has 1 aromatic carbocycles. The molecular formula is C17H21F3N2O2. The van der Waals surface area contributed by atoms with E-state index >= 15 is 0 Å². The van der Waals surface area contributed by atoms with Gasteiger partial charge in [0.1, 0.15) is 0 Å².